The van der Waals surface area contributed by atoms with E-state index in [4.69, 9.17) is 27.9 Å². The maximum atomic E-state index is 12.3. The second kappa shape index (κ2) is 5.76. The van der Waals surface area contributed by atoms with Crippen LogP contribution >= 0.6 is 23.2 Å². The molecule has 1 saturated carbocycles. The van der Waals surface area contributed by atoms with Crippen LogP contribution in [-0.4, -0.2) is 56.7 Å². The van der Waals surface area contributed by atoms with Crippen molar-refractivity contribution in [1.82, 2.24) is 5.32 Å². The van der Waals surface area contributed by atoms with Gasteiger partial charge >= 0.3 is 5.97 Å². The zero-order chi connectivity index (χ0) is 17.0. The summed E-state index contributed by atoms with van der Waals surface area (Å²) in [5.74, 6) is -1.98. The molecule has 1 amide bonds. The van der Waals surface area contributed by atoms with E-state index >= 15 is 0 Å². The first-order valence-corrected chi connectivity index (χ1v) is 8.88. The number of alkyl halides is 2. The summed E-state index contributed by atoms with van der Waals surface area (Å²) in [5, 5.41) is 23.4. The molecule has 2 heterocycles. The van der Waals surface area contributed by atoms with E-state index in [-0.39, 0.29) is 11.8 Å². The molecule has 130 valence electrons. The predicted octanol–water partition coefficient (Wildman–Crippen LogP) is 0.545. The Balaban J connectivity index is 1.93. The first-order valence-electron chi connectivity index (χ1n) is 7.91. The number of aliphatic hydroxyl groups excluding tert-OH is 2. The molecule has 0 aromatic heterocycles. The van der Waals surface area contributed by atoms with Gasteiger partial charge in [0.1, 0.15) is 0 Å². The van der Waals surface area contributed by atoms with Crippen LogP contribution in [0.25, 0.3) is 0 Å². The molecule has 23 heavy (non-hydrogen) atoms. The van der Waals surface area contributed by atoms with E-state index in [1.165, 1.54) is 0 Å². The molecule has 0 aromatic carbocycles. The standard InChI is InChI=1S/C15H21Cl2NO5/c1-14-8(5-6-16)12(21)18-15(14,13(22)23-14)11(20)7-3-2-4-9(17)10(7)19/h7-11,19-20H,2-6H2,1H3,(H,18,21)/t7-,8-,9-,10-,11?,14-,15-/m0/s1. The Kier molecular flexibility index (Phi) is 4.32. The Labute approximate surface area is 144 Å². The minimum Gasteiger partial charge on any atom is -0.453 e. The Morgan fingerprint density at radius 1 is 1.43 bits per heavy atom. The Morgan fingerprint density at radius 2 is 2.13 bits per heavy atom. The molecule has 7 atom stereocenters. The van der Waals surface area contributed by atoms with Gasteiger partial charge in [-0.1, -0.05) is 6.42 Å². The maximum Gasteiger partial charge on any atom is 0.339 e. The number of carbonyl (C=O) groups is 2. The van der Waals surface area contributed by atoms with Gasteiger partial charge in [0.05, 0.1) is 23.5 Å². The van der Waals surface area contributed by atoms with Crippen molar-refractivity contribution in [2.24, 2.45) is 11.8 Å². The summed E-state index contributed by atoms with van der Waals surface area (Å²) in [4.78, 5) is 24.6. The zero-order valence-corrected chi connectivity index (χ0v) is 14.3. The van der Waals surface area contributed by atoms with Crippen LogP contribution in [0.1, 0.15) is 32.6 Å². The van der Waals surface area contributed by atoms with Crippen molar-refractivity contribution in [1.29, 1.82) is 0 Å². The minimum atomic E-state index is -1.53. The van der Waals surface area contributed by atoms with Crippen molar-refractivity contribution in [3.05, 3.63) is 0 Å². The fourth-order valence-electron chi connectivity index (χ4n) is 4.39. The van der Waals surface area contributed by atoms with Gasteiger partial charge in [0.25, 0.3) is 0 Å². The number of carbonyl (C=O) groups excluding carboxylic acids is 2. The number of rotatable bonds is 4. The van der Waals surface area contributed by atoms with Crippen molar-refractivity contribution >= 4 is 35.1 Å². The SMILES string of the molecule is C[C@@]12OC(=O)[C@]1(C(O)[C@H]1CCC[C@H](Cl)[C@H]1O)NC(=O)[C@@H]2CCCl. The molecule has 0 aromatic rings. The third-order valence-electron chi connectivity index (χ3n) is 5.79. The van der Waals surface area contributed by atoms with Crippen molar-refractivity contribution in [3.63, 3.8) is 0 Å². The summed E-state index contributed by atoms with van der Waals surface area (Å²) in [6.45, 7) is 1.64. The average Bonchev–Trinajstić information content (AvgIpc) is 2.67. The van der Waals surface area contributed by atoms with Gasteiger partial charge in [0.15, 0.2) is 5.60 Å². The van der Waals surface area contributed by atoms with E-state index in [0.717, 1.165) is 6.42 Å². The molecule has 3 N–H and O–H groups in total. The molecule has 1 aliphatic carbocycles. The van der Waals surface area contributed by atoms with E-state index in [1.54, 1.807) is 6.92 Å². The number of amides is 1. The topological polar surface area (TPSA) is 95.9 Å². The molecule has 0 radical (unpaired) electrons. The molecule has 2 aliphatic heterocycles. The lowest BCUT2D eigenvalue weighted by molar-refractivity contribution is -0.242. The van der Waals surface area contributed by atoms with E-state index in [9.17, 15) is 19.8 Å². The largest absolute Gasteiger partial charge is 0.453 e. The molecule has 0 bridgehead atoms. The molecular formula is C15H21Cl2NO5. The first-order chi connectivity index (χ1) is 10.8. The third-order valence-corrected chi connectivity index (χ3v) is 6.48. The Morgan fingerprint density at radius 3 is 2.74 bits per heavy atom. The highest BCUT2D eigenvalue weighted by Gasteiger charge is 2.79. The monoisotopic (exact) mass is 365 g/mol. The van der Waals surface area contributed by atoms with Crippen LogP contribution in [-0.2, 0) is 14.3 Å². The number of fused-ring (bicyclic) bond motifs is 1. The number of hydrogen-bond acceptors (Lipinski definition) is 5. The third kappa shape index (κ3) is 2.15. The van der Waals surface area contributed by atoms with Gasteiger partial charge < -0.3 is 20.3 Å². The van der Waals surface area contributed by atoms with Crippen LogP contribution in [0.15, 0.2) is 0 Å². The normalized spacial score (nSPS) is 47.3. The van der Waals surface area contributed by atoms with Crippen LogP contribution in [0, 0.1) is 11.8 Å². The highest BCUT2D eigenvalue weighted by Crippen LogP contribution is 2.54. The van der Waals surface area contributed by atoms with Gasteiger partial charge in [-0.3, -0.25) is 4.79 Å². The summed E-state index contributed by atoms with van der Waals surface area (Å²) < 4.78 is 5.31. The first kappa shape index (κ1) is 17.3. The summed E-state index contributed by atoms with van der Waals surface area (Å²) >= 11 is 11.9. The molecule has 3 aliphatic rings. The van der Waals surface area contributed by atoms with E-state index in [1.807, 2.05) is 0 Å². The van der Waals surface area contributed by atoms with Gasteiger partial charge in [0, 0.05) is 11.8 Å². The van der Waals surface area contributed by atoms with Crippen molar-refractivity contribution in [2.45, 2.75) is 61.3 Å². The van der Waals surface area contributed by atoms with Crippen LogP contribution in [0.5, 0.6) is 0 Å². The molecule has 2 saturated heterocycles. The number of nitrogens with one attached hydrogen (secondary N) is 1. The fourth-order valence-corrected chi connectivity index (χ4v) is 4.95. The number of ether oxygens (including phenoxy) is 1. The average molecular weight is 366 g/mol. The number of esters is 1. The summed E-state index contributed by atoms with van der Waals surface area (Å²) in [5.41, 5.74) is -2.69. The number of hydrogen-bond donors (Lipinski definition) is 3. The molecule has 3 rings (SSSR count). The van der Waals surface area contributed by atoms with E-state index in [2.05, 4.69) is 5.32 Å². The lowest BCUT2D eigenvalue weighted by atomic mass is 9.63. The molecule has 6 nitrogen and oxygen atoms in total. The molecule has 0 spiro atoms. The van der Waals surface area contributed by atoms with Crippen LogP contribution in [0.4, 0.5) is 0 Å². The van der Waals surface area contributed by atoms with E-state index in [0.29, 0.717) is 19.3 Å². The lowest BCUT2D eigenvalue weighted by Crippen LogP contribution is -2.80. The second-order valence-electron chi connectivity index (χ2n) is 6.87. The van der Waals surface area contributed by atoms with Crippen LogP contribution < -0.4 is 5.32 Å². The number of halogens is 2. The quantitative estimate of drug-likeness (QED) is 0.499. The Bertz CT molecular complexity index is 532. The van der Waals surface area contributed by atoms with Crippen molar-refractivity contribution < 1.29 is 24.5 Å². The van der Waals surface area contributed by atoms with Crippen LogP contribution in [0.2, 0.25) is 0 Å². The molecule has 8 heteroatoms. The highest BCUT2D eigenvalue weighted by atomic mass is 35.5. The smallest absolute Gasteiger partial charge is 0.339 e. The highest BCUT2D eigenvalue weighted by molar-refractivity contribution is 6.21. The van der Waals surface area contributed by atoms with Crippen molar-refractivity contribution in [3.8, 4) is 0 Å². The van der Waals surface area contributed by atoms with Gasteiger partial charge in [-0.2, -0.15) is 0 Å². The molecule has 1 unspecified atom stereocenters. The van der Waals surface area contributed by atoms with Gasteiger partial charge in [0.2, 0.25) is 11.4 Å². The number of aliphatic hydroxyl groups is 2. The molecular weight excluding hydrogens is 345 g/mol. The van der Waals surface area contributed by atoms with E-state index < -0.39 is 46.5 Å². The van der Waals surface area contributed by atoms with Gasteiger partial charge in [-0.05, 0) is 26.2 Å². The Hall–Kier alpha value is -0.560. The van der Waals surface area contributed by atoms with Crippen molar-refractivity contribution in [2.75, 3.05) is 5.88 Å². The zero-order valence-electron chi connectivity index (χ0n) is 12.8. The van der Waals surface area contributed by atoms with Gasteiger partial charge in [-0.15, -0.1) is 23.2 Å². The second-order valence-corrected chi connectivity index (χ2v) is 7.81. The minimum absolute atomic E-state index is 0.243. The summed E-state index contributed by atoms with van der Waals surface area (Å²) in [6.07, 6.45) is 0.0883. The van der Waals surface area contributed by atoms with Crippen LogP contribution in [0.3, 0.4) is 0 Å². The predicted molar refractivity (Wildman–Crippen MR) is 83.2 cm³/mol. The van der Waals surface area contributed by atoms with Gasteiger partial charge in [-0.25, -0.2) is 4.79 Å². The molecule has 3 fully saturated rings. The fraction of sp³-hybridized carbons (Fsp3) is 0.867. The summed E-state index contributed by atoms with van der Waals surface area (Å²) in [7, 11) is 0. The maximum absolute atomic E-state index is 12.3. The lowest BCUT2D eigenvalue weighted by Gasteiger charge is -2.55. The summed E-state index contributed by atoms with van der Waals surface area (Å²) in [6, 6.07) is 0.